The quantitative estimate of drug-likeness (QED) is 0.431. The summed E-state index contributed by atoms with van der Waals surface area (Å²) in [4.78, 5) is 24.5. The van der Waals surface area contributed by atoms with Gasteiger partial charge in [-0.15, -0.1) is 0 Å². The molecule has 1 aliphatic rings. The maximum Gasteiger partial charge on any atom is 0.230 e. The number of pyridine rings is 1. The second-order valence-electron chi connectivity index (χ2n) is 8.53. The Bertz CT molecular complexity index is 1330. The van der Waals surface area contributed by atoms with Crippen LogP contribution in [0.4, 0.5) is 17.6 Å². The van der Waals surface area contributed by atoms with Gasteiger partial charge < -0.3 is 23.8 Å². The first-order valence-electron chi connectivity index (χ1n) is 11.1. The van der Waals surface area contributed by atoms with Gasteiger partial charge in [0.25, 0.3) is 0 Å². The number of hydrogen-bond acceptors (Lipinski definition) is 8. The smallest absolute Gasteiger partial charge is 0.230 e. The lowest BCUT2D eigenvalue weighted by atomic mass is 10.1. The highest BCUT2D eigenvalue weighted by molar-refractivity contribution is 6.32. The molecule has 9 nitrogen and oxygen atoms in total. The average molecular weight is 479 g/mol. The standard InChI is InChI=1S/C24H27ClN8O/c1-16-11-21(34-4)19(25)13-18(16)20-14-33-6-5-17(12-22(33)28-20)31-7-9-32(10-8-31)24-27-15-26-23(29-24)30(2)3/h5-6,11-15H,7-10H2,1-4H3. The predicted molar refractivity (Wildman–Crippen MR) is 136 cm³/mol. The van der Waals surface area contributed by atoms with Crippen LogP contribution in [0.1, 0.15) is 5.56 Å². The molecule has 0 N–H and O–H groups in total. The monoisotopic (exact) mass is 478 g/mol. The molecule has 10 heteroatoms. The summed E-state index contributed by atoms with van der Waals surface area (Å²) < 4.78 is 7.37. The summed E-state index contributed by atoms with van der Waals surface area (Å²) in [6, 6.07) is 8.13. The van der Waals surface area contributed by atoms with Gasteiger partial charge in [-0.05, 0) is 30.7 Å². The fraction of sp³-hybridized carbons (Fsp3) is 0.333. The average Bonchev–Trinajstić information content (AvgIpc) is 3.28. The molecule has 5 rings (SSSR count). The van der Waals surface area contributed by atoms with Crippen LogP contribution in [0, 0.1) is 6.92 Å². The third kappa shape index (κ3) is 4.19. The Hall–Kier alpha value is -3.59. The Labute approximate surface area is 203 Å². The molecule has 34 heavy (non-hydrogen) atoms. The van der Waals surface area contributed by atoms with Gasteiger partial charge in [-0.3, -0.25) is 0 Å². The van der Waals surface area contributed by atoms with Crippen molar-refractivity contribution in [3.8, 4) is 17.0 Å². The highest BCUT2D eigenvalue weighted by atomic mass is 35.5. The van der Waals surface area contributed by atoms with Crippen LogP contribution in [-0.2, 0) is 0 Å². The Balaban J connectivity index is 1.34. The van der Waals surface area contributed by atoms with Crippen LogP contribution < -0.4 is 19.4 Å². The van der Waals surface area contributed by atoms with E-state index in [2.05, 4.69) is 43.1 Å². The molecule has 0 unspecified atom stereocenters. The van der Waals surface area contributed by atoms with Gasteiger partial charge in [0.15, 0.2) is 0 Å². The summed E-state index contributed by atoms with van der Waals surface area (Å²) >= 11 is 6.37. The summed E-state index contributed by atoms with van der Waals surface area (Å²) in [6.07, 6.45) is 5.67. The zero-order valence-electron chi connectivity index (χ0n) is 19.7. The molecule has 0 radical (unpaired) electrons. The van der Waals surface area contributed by atoms with Crippen LogP contribution in [0.2, 0.25) is 5.02 Å². The van der Waals surface area contributed by atoms with E-state index < -0.39 is 0 Å². The van der Waals surface area contributed by atoms with Crippen molar-refractivity contribution >= 4 is 34.8 Å². The van der Waals surface area contributed by atoms with Gasteiger partial charge in [0.1, 0.15) is 17.7 Å². The van der Waals surface area contributed by atoms with Gasteiger partial charge in [-0.1, -0.05) is 11.6 Å². The molecular weight excluding hydrogens is 452 g/mol. The molecule has 1 aliphatic heterocycles. The maximum atomic E-state index is 6.37. The van der Waals surface area contributed by atoms with E-state index in [9.17, 15) is 0 Å². The topological polar surface area (TPSA) is 74.9 Å². The number of fused-ring (bicyclic) bond motifs is 1. The molecule has 3 aromatic heterocycles. The van der Waals surface area contributed by atoms with E-state index in [1.807, 2.05) is 48.6 Å². The number of halogens is 1. The van der Waals surface area contributed by atoms with Crippen LogP contribution in [0.3, 0.4) is 0 Å². The normalized spacial score (nSPS) is 14.0. The molecule has 4 aromatic rings. The van der Waals surface area contributed by atoms with E-state index >= 15 is 0 Å². The number of nitrogens with zero attached hydrogens (tertiary/aromatic N) is 8. The lowest BCUT2D eigenvalue weighted by Gasteiger charge is -2.36. The number of methoxy groups -OCH3 is 1. The zero-order chi connectivity index (χ0) is 23.8. The summed E-state index contributed by atoms with van der Waals surface area (Å²) in [5.41, 5.74) is 5.00. The molecule has 0 amide bonds. The molecule has 1 fully saturated rings. The Morgan fingerprint density at radius 2 is 1.76 bits per heavy atom. The molecule has 0 bridgehead atoms. The van der Waals surface area contributed by atoms with Crippen molar-refractivity contribution in [2.75, 3.05) is 62.1 Å². The summed E-state index contributed by atoms with van der Waals surface area (Å²) in [5.74, 6) is 2.06. The molecule has 176 valence electrons. The second kappa shape index (κ2) is 8.98. The third-order valence-corrected chi connectivity index (χ3v) is 6.39. The number of piperazine rings is 1. The van der Waals surface area contributed by atoms with Crippen LogP contribution in [0.15, 0.2) is 43.0 Å². The lowest BCUT2D eigenvalue weighted by molar-refractivity contribution is 0.415. The van der Waals surface area contributed by atoms with Crippen LogP contribution in [0.5, 0.6) is 5.75 Å². The Kier molecular flexibility index (Phi) is 5.87. The number of aryl methyl sites for hydroxylation is 1. The summed E-state index contributed by atoms with van der Waals surface area (Å²) in [5, 5.41) is 0.578. The van der Waals surface area contributed by atoms with Crippen LogP contribution in [0.25, 0.3) is 16.9 Å². The molecule has 1 saturated heterocycles. The first-order valence-corrected chi connectivity index (χ1v) is 11.5. The minimum absolute atomic E-state index is 0.578. The molecule has 0 saturated carbocycles. The minimum Gasteiger partial charge on any atom is -0.495 e. The Morgan fingerprint density at radius 3 is 2.50 bits per heavy atom. The summed E-state index contributed by atoms with van der Waals surface area (Å²) in [6.45, 7) is 5.47. The van der Waals surface area contributed by atoms with Crippen molar-refractivity contribution in [3.05, 3.63) is 53.6 Å². The van der Waals surface area contributed by atoms with Gasteiger partial charge in [0, 0.05) is 70.0 Å². The van der Waals surface area contributed by atoms with Crippen molar-refractivity contribution in [1.82, 2.24) is 24.3 Å². The molecule has 0 spiro atoms. The van der Waals surface area contributed by atoms with E-state index in [4.69, 9.17) is 21.3 Å². The number of aromatic nitrogens is 5. The van der Waals surface area contributed by atoms with E-state index in [1.54, 1.807) is 13.4 Å². The predicted octanol–water partition coefficient (Wildman–Crippen LogP) is 3.55. The third-order valence-electron chi connectivity index (χ3n) is 6.09. The largest absolute Gasteiger partial charge is 0.495 e. The fourth-order valence-electron chi connectivity index (χ4n) is 4.20. The van der Waals surface area contributed by atoms with Crippen molar-refractivity contribution in [2.24, 2.45) is 0 Å². The lowest BCUT2D eigenvalue weighted by Crippen LogP contribution is -2.47. The number of rotatable bonds is 5. The number of imidazole rings is 1. The van der Waals surface area contributed by atoms with E-state index in [0.29, 0.717) is 16.7 Å². The van der Waals surface area contributed by atoms with Gasteiger partial charge in [-0.2, -0.15) is 4.98 Å². The van der Waals surface area contributed by atoms with Gasteiger partial charge in [0.05, 0.1) is 17.8 Å². The van der Waals surface area contributed by atoms with E-state index in [1.165, 1.54) is 0 Å². The summed E-state index contributed by atoms with van der Waals surface area (Å²) in [7, 11) is 5.48. The van der Waals surface area contributed by atoms with E-state index in [0.717, 1.165) is 60.3 Å². The molecule has 4 heterocycles. The van der Waals surface area contributed by atoms with Gasteiger partial charge in [0.2, 0.25) is 11.9 Å². The van der Waals surface area contributed by atoms with E-state index in [-0.39, 0.29) is 0 Å². The van der Waals surface area contributed by atoms with Crippen LogP contribution >= 0.6 is 11.6 Å². The van der Waals surface area contributed by atoms with Crippen molar-refractivity contribution < 1.29 is 4.74 Å². The fourth-order valence-corrected chi connectivity index (χ4v) is 4.44. The molecule has 0 atom stereocenters. The van der Waals surface area contributed by atoms with Crippen molar-refractivity contribution in [2.45, 2.75) is 6.92 Å². The number of benzene rings is 1. The SMILES string of the molecule is COc1cc(C)c(-c2cn3ccc(N4CCN(c5ncnc(N(C)C)n5)CC4)cc3n2)cc1Cl. The van der Waals surface area contributed by atoms with Crippen molar-refractivity contribution in [1.29, 1.82) is 0 Å². The first-order chi connectivity index (χ1) is 16.4. The first kappa shape index (κ1) is 22.2. The van der Waals surface area contributed by atoms with Gasteiger partial charge >= 0.3 is 0 Å². The number of hydrogen-bond donors (Lipinski definition) is 0. The van der Waals surface area contributed by atoms with Gasteiger partial charge in [-0.25, -0.2) is 15.0 Å². The van der Waals surface area contributed by atoms with Crippen LogP contribution in [-0.4, -0.2) is 71.7 Å². The number of ether oxygens (including phenoxy) is 1. The highest BCUT2D eigenvalue weighted by Gasteiger charge is 2.21. The second-order valence-corrected chi connectivity index (χ2v) is 8.94. The zero-order valence-corrected chi connectivity index (χ0v) is 20.5. The number of anilines is 3. The highest BCUT2D eigenvalue weighted by Crippen LogP contribution is 2.33. The maximum absolute atomic E-state index is 6.37. The Morgan fingerprint density at radius 1 is 1.00 bits per heavy atom. The van der Waals surface area contributed by atoms with Crippen molar-refractivity contribution in [3.63, 3.8) is 0 Å². The molecule has 0 aliphatic carbocycles. The minimum atomic E-state index is 0.578. The molecule has 1 aromatic carbocycles. The molecular formula is C24H27ClN8O.